The van der Waals surface area contributed by atoms with E-state index in [0.717, 1.165) is 11.3 Å². The first-order valence-corrected chi connectivity index (χ1v) is 9.33. The number of carboxylic acid groups (broad SMARTS) is 1. The van der Waals surface area contributed by atoms with E-state index in [-0.39, 0.29) is 12.3 Å². The fourth-order valence-electron chi connectivity index (χ4n) is 1.66. The van der Waals surface area contributed by atoms with Crippen molar-refractivity contribution in [2.75, 3.05) is 18.1 Å². The van der Waals surface area contributed by atoms with Crippen LogP contribution in [0.25, 0.3) is 0 Å². The molecule has 0 spiro atoms. The summed E-state index contributed by atoms with van der Waals surface area (Å²) >= 11 is 0. The van der Waals surface area contributed by atoms with E-state index in [1.165, 1.54) is 10.8 Å². The van der Waals surface area contributed by atoms with Gasteiger partial charge >= 0.3 is 5.97 Å². The van der Waals surface area contributed by atoms with Gasteiger partial charge in [-0.1, -0.05) is 39.8 Å². The number of nitrogens with one attached hydrogen (secondary N) is 1. The molecule has 2 N–H and O–H groups in total. The predicted octanol–water partition coefficient (Wildman–Crippen LogP) is 2.46. The molecule has 22 heavy (non-hydrogen) atoms. The summed E-state index contributed by atoms with van der Waals surface area (Å²) in [7, 11) is 3.05. The minimum Gasteiger partial charge on any atom is -0.481 e. The van der Waals surface area contributed by atoms with Crippen molar-refractivity contribution in [1.82, 2.24) is 5.32 Å². The molecule has 0 aliphatic carbocycles. The Balaban J connectivity index is 2.11. The maximum atomic E-state index is 11.7. The topological polar surface area (TPSA) is 90.2 Å². The lowest BCUT2D eigenvalue weighted by Gasteiger charge is -2.06. The normalized spacial score (nSPS) is 9.95. The Bertz CT molecular complexity index is 544. The zero-order valence-electron chi connectivity index (χ0n) is 12.1. The van der Waals surface area contributed by atoms with Gasteiger partial charge in [-0.05, 0) is 18.1 Å². The lowest BCUT2D eigenvalue weighted by Crippen LogP contribution is -2.25. The molecule has 0 radical (unpaired) electrons. The highest BCUT2D eigenvalue weighted by atomic mass is 33.1. The molecule has 1 rings (SSSR count). The number of hydrogen-bond acceptors (Lipinski definition) is 5. The zero-order chi connectivity index (χ0) is 16.2. The zero-order valence-corrected chi connectivity index (χ0v) is 13.7. The van der Waals surface area contributed by atoms with Crippen LogP contribution in [0.3, 0.4) is 0 Å². The van der Waals surface area contributed by atoms with E-state index in [1.54, 1.807) is 22.9 Å². The molecule has 0 aromatic heterocycles. The van der Waals surface area contributed by atoms with Gasteiger partial charge in [0.15, 0.2) is 0 Å². The van der Waals surface area contributed by atoms with Gasteiger partial charge < -0.3 is 10.4 Å². The Hall–Kier alpha value is -1.65. The van der Waals surface area contributed by atoms with E-state index in [2.05, 4.69) is 11.4 Å². The minimum atomic E-state index is -0.793. The summed E-state index contributed by atoms with van der Waals surface area (Å²) in [5, 5.41) is 20.3. The summed E-state index contributed by atoms with van der Waals surface area (Å²) in [5.41, 5.74) is 1.50. The standard InChI is InChI=1S/C15H18N2O3S2/c16-11-13-4-2-1-3-12(13)5-6-14(18)17-8-10-22-21-9-7-15(19)20/h1-4H,5-10H2,(H,17,18)(H,19,20). The van der Waals surface area contributed by atoms with Crippen molar-refractivity contribution in [1.29, 1.82) is 5.26 Å². The van der Waals surface area contributed by atoms with Gasteiger partial charge in [-0.25, -0.2) is 0 Å². The van der Waals surface area contributed by atoms with E-state index >= 15 is 0 Å². The van der Waals surface area contributed by atoms with Crippen LogP contribution in [0.4, 0.5) is 0 Å². The third kappa shape index (κ3) is 7.96. The maximum Gasteiger partial charge on any atom is 0.304 e. The van der Waals surface area contributed by atoms with E-state index in [9.17, 15) is 9.59 Å². The Labute approximate surface area is 137 Å². The summed E-state index contributed by atoms with van der Waals surface area (Å²) < 4.78 is 0. The molecule has 0 fully saturated rings. The number of rotatable bonds is 10. The fourth-order valence-corrected chi connectivity index (χ4v) is 3.55. The van der Waals surface area contributed by atoms with Gasteiger partial charge in [0.25, 0.3) is 0 Å². The van der Waals surface area contributed by atoms with Crippen LogP contribution < -0.4 is 5.32 Å². The monoisotopic (exact) mass is 338 g/mol. The van der Waals surface area contributed by atoms with Gasteiger partial charge in [0.05, 0.1) is 18.1 Å². The highest BCUT2D eigenvalue weighted by Crippen LogP contribution is 2.20. The molecule has 5 nitrogen and oxygen atoms in total. The average Bonchev–Trinajstić information content (AvgIpc) is 2.52. The van der Waals surface area contributed by atoms with Crippen LogP contribution in [0.5, 0.6) is 0 Å². The number of amides is 1. The third-order valence-electron chi connectivity index (χ3n) is 2.75. The molecule has 0 aliphatic heterocycles. The Morgan fingerprint density at radius 3 is 2.64 bits per heavy atom. The summed E-state index contributed by atoms with van der Waals surface area (Å²) in [5.74, 6) is 0.479. The molecular formula is C15H18N2O3S2. The van der Waals surface area contributed by atoms with Crippen molar-refractivity contribution in [3.63, 3.8) is 0 Å². The minimum absolute atomic E-state index is 0.0381. The van der Waals surface area contributed by atoms with Crippen LogP contribution in [-0.2, 0) is 16.0 Å². The third-order valence-corrected chi connectivity index (χ3v) is 5.16. The molecule has 0 saturated carbocycles. The van der Waals surface area contributed by atoms with Crippen molar-refractivity contribution < 1.29 is 14.7 Å². The van der Waals surface area contributed by atoms with Gasteiger partial charge in [0, 0.05) is 24.5 Å². The first-order chi connectivity index (χ1) is 10.6. The van der Waals surface area contributed by atoms with Crippen LogP contribution >= 0.6 is 21.6 Å². The average molecular weight is 338 g/mol. The number of aryl methyl sites for hydroxylation is 1. The number of carbonyl (C=O) groups excluding carboxylic acids is 1. The van der Waals surface area contributed by atoms with Gasteiger partial charge in [-0.3, -0.25) is 9.59 Å². The van der Waals surface area contributed by atoms with Crippen LogP contribution in [0.2, 0.25) is 0 Å². The molecule has 0 saturated heterocycles. The predicted molar refractivity (Wildman–Crippen MR) is 89.7 cm³/mol. The lowest BCUT2D eigenvalue weighted by molar-refractivity contribution is -0.136. The van der Waals surface area contributed by atoms with Crippen molar-refractivity contribution in [3.05, 3.63) is 35.4 Å². The largest absolute Gasteiger partial charge is 0.481 e. The lowest BCUT2D eigenvalue weighted by atomic mass is 10.0. The van der Waals surface area contributed by atoms with Gasteiger partial charge in [0.2, 0.25) is 5.91 Å². The molecule has 118 valence electrons. The van der Waals surface area contributed by atoms with Crippen molar-refractivity contribution in [3.8, 4) is 6.07 Å². The second-order valence-corrected chi connectivity index (χ2v) is 7.11. The van der Waals surface area contributed by atoms with Crippen LogP contribution in [-0.4, -0.2) is 35.0 Å². The molecule has 0 atom stereocenters. The van der Waals surface area contributed by atoms with Crippen LogP contribution in [0.15, 0.2) is 24.3 Å². The maximum absolute atomic E-state index is 11.7. The summed E-state index contributed by atoms with van der Waals surface area (Å²) in [6.45, 7) is 0.559. The second-order valence-electron chi connectivity index (χ2n) is 4.41. The highest BCUT2D eigenvalue weighted by molar-refractivity contribution is 8.76. The molecule has 0 bridgehead atoms. The van der Waals surface area contributed by atoms with E-state index < -0.39 is 5.97 Å². The first kappa shape index (κ1) is 18.4. The van der Waals surface area contributed by atoms with Crippen LogP contribution in [0.1, 0.15) is 24.0 Å². The van der Waals surface area contributed by atoms with Crippen molar-refractivity contribution in [2.24, 2.45) is 0 Å². The molecule has 0 heterocycles. The van der Waals surface area contributed by atoms with Gasteiger partial charge in [-0.15, -0.1) is 0 Å². The first-order valence-electron chi connectivity index (χ1n) is 6.84. The van der Waals surface area contributed by atoms with Gasteiger partial charge in [-0.2, -0.15) is 5.26 Å². The van der Waals surface area contributed by atoms with E-state index in [0.29, 0.717) is 30.7 Å². The molecule has 1 aromatic rings. The van der Waals surface area contributed by atoms with Crippen LogP contribution in [0, 0.1) is 11.3 Å². The Morgan fingerprint density at radius 1 is 1.18 bits per heavy atom. The summed E-state index contributed by atoms with van der Waals surface area (Å²) in [6, 6.07) is 9.40. The highest BCUT2D eigenvalue weighted by Gasteiger charge is 2.05. The number of carboxylic acids is 1. The Morgan fingerprint density at radius 2 is 1.91 bits per heavy atom. The van der Waals surface area contributed by atoms with Gasteiger partial charge in [0.1, 0.15) is 0 Å². The van der Waals surface area contributed by atoms with E-state index in [4.69, 9.17) is 10.4 Å². The number of nitriles is 1. The molecule has 7 heteroatoms. The Kier molecular flexibility index (Phi) is 9.19. The smallest absolute Gasteiger partial charge is 0.304 e. The SMILES string of the molecule is N#Cc1ccccc1CCC(=O)NCCSSCCC(=O)O. The molecule has 1 aromatic carbocycles. The number of benzene rings is 1. The number of hydrogen-bond donors (Lipinski definition) is 2. The van der Waals surface area contributed by atoms with Crippen molar-refractivity contribution >= 4 is 33.5 Å². The summed E-state index contributed by atoms with van der Waals surface area (Å²) in [6.07, 6.45) is 1.06. The molecule has 0 unspecified atom stereocenters. The molecule has 1 amide bonds. The fraction of sp³-hybridized carbons (Fsp3) is 0.400. The molecule has 0 aliphatic rings. The van der Waals surface area contributed by atoms with E-state index in [1.807, 2.05) is 12.1 Å². The van der Waals surface area contributed by atoms with Crippen molar-refractivity contribution in [2.45, 2.75) is 19.3 Å². The molecular weight excluding hydrogens is 320 g/mol. The summed E-state index contributed by atoms with van der Waals surface area (Å²) in [4.78, 5) is 22.0. The number of nitrogens with zero attached hydrogens (tertiary/aromatic N) is 1. The number of carbonyl (C=O) groups is 2. The second kappa shape index (κ2) is 11.0. The quantitative estimate of drug-likeness (QED) is 0.503. The number of aliphatic carboxylic acids is 1.